The van der Waals surface area contributed by atoms with Crippen LogP contribution in [0.3, 0.4) is 0 Å². The molecule has 110 valence electrons. The van der Waals surface area contributed by atoms with E-state index in [1.54, 1.807) is 0 Å². The highest BCUT2D eigenvalue weighted by Gasteiger charge is 2.27. The van der Waals surface area contributed by atoms with E-state index < -0.39 is 0 Å². The first-order valence-corrected chi connectivity index (χ1v) is 7.94. The van der Waals surface area contributed by atoms with E-state index in [1.807, 2.05) is 0 Å². The molecule has 0 saturated carbocycles. The number of ketones is 1. The zero-order valence-electron chi connectivity index (χ0n) is 12.4. The fraction of sp³-hybridized carbons (Fsp3) is 0.316. The minimum Gasteiger partial charge on any atom is -0.292 e. The van der Waals surface area contributed by atoms with Crippen LogP contribution in [-0.4, -0.2) is 16.0 Å². The summed E-state index contributed by atoms with van der Waals surface area (Å²) < 4.78 is 0. The van der Waals surface area contributed by atoms with Crippen molar-refractivity contribution in [3.63, 3.8) is 0 Å². The lowest BCUT2D eigenvalue weighted by Crippen LogP contribution is -2.20. The Morgan fingerprint density at radius 2 is 1.68 bits per heavy atom. The predicted octanol–water partition coefficient (Wildman–Crippen LogP) is 3.49. The molecule has 3 heteroatoms. The molecule has 0 spiro atoms. The van der Waals surface area contributed by atoms with Gasteiger partial charge in [-0.3, -0.25) is 4.79 Å². The molecular formula is C19H18N2O. The molecule has 0 atom stereocenters. The molecular weight excluding hydrogens is 272 g/mol. The largest absolute Gasteiger partial charge is 0.292 e. The summed E-state index contributed by atoms with van der Waals surface area (Å²) in [5.41, 5.74) is 4.01. The van der Waals surface area contributed by atoms with Crippen molar-refractivity contribution >= 4 is 5.78 Å². The lowest BCUT2D eigenvalue weighted by atomic mass is 9.85. The highest BCUT2D eigenvalue weighted by atomic mass is 16.1. The van der Waals surface area contributed by atoms with Crippen LogP contribution in [0.2, 0.25) is 0 Å². The molecule has 0 saturated heterocycles. The average Bonchev–Trinajstić information content (AvgIpc) is 3.21. The summed E-state index contributed by atoms with van der Waals surface area (Å²) in [5.74, 6) is 0.745. The minimum absolute atomic E-state index is 0.150. The number of carbonyl (C=O) groups is 1. The number of fused-ring (bicyclic) bond motifs is 1. The zero-order chi connectivity index (χ0) is 14.9. The van der Waals surface area contributed by atoms with Crippen molar-refractivity contribution in [3.8, 4) is 0 Å². The molecule has 0 radical (unpaired) electrons. The van der Waals surface area contributed by atoms with Crippen molar-refractivity contribution in [2.24, 2.45) is 5.92 Å². The topological polar surface area (TPSA) is 42.9 Å². The number of allylic oxidation sites excluding steroid dienone is 8. The Bertz CT molecular complexity index is 716. The molecule has 0 amide bonds. The summed E-state index contributed by atoms with van der Waals surface area (Å²) >= 11 is 0. The molecule has 0 N–H and O–H groups in total. The quantitative estimate of drug-likeness (QED) is 0.856. The lowest BCUT2D eigenvalue weighted by molar-refractivity contribution is 0.0965. The molecule has 3 nitrogen and oxygen atoms in total. The van der Waals surface area contributed by atoms with Gasteiger partial charge in [-0.15, -0.1) is 5.10 Å². The summed E-state index contributed by atoms with van der Waals surface area (Å²) in [6, 6.07) is 0. The molecule has 0 fully saturated rings. The Morgan fingerprint density at radius 3 is 2.45 bits per heavy atom. The number of hydrogen-bond donors (Lipinski definition) is 0. The number of rotatable bonds is 3. The van der Waals surface area contributed by atoms with Crippen molar-refractivity contribution < 1.29 is 4.79 Å². The fourth-order valence-corrected chi connectivity index (χ4v) is 3.52. The maximum Gasteiger partial charge on any atom is 0.183 e. The number of carbonyl (C=O) groups excluding carboxylic acids is 1. The summed E-state index contributed by atoms with van der Waals surface area (Å²) in [5, 5.41) is 8.72. The summed E-state index contributed by atoms with van der Waals surface area (Å²) in [4.78, 5) is 12.1. The molecule has 1 aromatic rings. The normalized spacial score (nSPS) is 20.3. The number of Topliss-reactive ketones (excluding diaryl/α,β-unsaturated/α-hetero) is 1. The average molecular weight is 290 g/mol. The first-order valence-electron chi connectivity index (χ1n) is 7.94. The summed E-state index contributed by atoms with van der Waals surface area (Å²) in [7, 11) is 0. The van der Waals surface area contributed by atoms with Gasteiger partial charge >= 0.3 is 0 Å². The van der Waals surface area contributed by atoms with Gasteiger partial charge in [0, 0.05) is 12.3 Å². The van der Waals surface area contributed by atoms with E-state index in [9.17, 15) is 4.79 Å². The predicted molar refractivity (Wildman–Crippen MR) is 85.8 cm³/mol. The summed E-state index contributed by atoms with van der Waals surface area (Å²) in [6.45, 7) is 0. The molecule has 0 aliphatic heterocycles. The van der Waals surface area contributed by atoms with Crippen LogP contribution in [0, 0.1) is 5.92 Å². The Hall–Kier alpha value is -2.29. The van der Waals surface area contributed by atoms with E-state index in [4.69, 9.17) is 0 Å². The zero-order valence-corrected chi connectivity index (χ0v) is 12.4. The van der Waals surface area contributed by atoms with Gasteiger partial charge in [0.25, 0.3) is 0 Å². The van der Waals surface area contributed by atoms with Crippen LogP contribution in [0.25, 0.3) is 0 Å². The van der Waals surface area contributed by atoms with Gasteiger partial charge in [0.15, 0.2) is 5.78 Å². The van der Waals surface area contributed by atoms with Crippen LogP contribution < -0.4 is 0 Å². The third-order valence-electron chi connectivity index (χ3n) is 4.64. The number of aromatic nitrogens is 2. The Balaban J connectivity index is 1.82. The van der Waals surface area contributed by atoms with Crippen molar-refractivity contribution in [2.45, 2.75) is 31.6 Å². The van der Waals surface area contributed by atoms with Crippen LogP contribution in [-0.2, 0) is 12.8 Å². The standard InChI is InChI=1S/C19H18N2O/c22-17-11-5-10-15-16(12-13-6-1-2-7-13)18(20-21-19(15)17)14-8-3-4-9-14/h1-4,6-9,13-14H,5,10-12H2. The van der Waals surface area contributed by atoms with Crippen LogP contribution in [0.5, 0.6) is 0 Å². The molecule has 0 unspecified atom stereocenters. The van der Waals surface area contributed by atoms with E-state index in [0.29, 0.717) is 18.0 Å². The third kappa shape index (κ3) is 2.27. The van der Waals surface area contributed by atoms with Crippen LogP contribution in [0.4, 0.5) is 0 Å². The first kappa shape index (κ1) is 13.4. The van der Waals surface area contributed by atoms with Crippen molar-refractivity contribution in [1.82, 2.24) is 10.2 Å². The van der Waals surface area contributed by atoms with Crippen molar-refractivity contribution in [2.75, 3.05) is 0 Å². The van der Waals surface area contributed by atoms with E-state index in [0.717, 1.165) is 30.5 Å². The Morgan fingerprint density at radius 1 is 0.955 bits per heavy atom. The van der Waals surface area contributed by atoms with E-state index in [-0.39, 0.29) is 11.7 Å². The molecule has 1 heterocycles. The third-order valence-corrected chi connectivity index (χ3v) is 4.64. The van der Waals surface area contributed by atoms with E-state index in [2.05, 4.69) is 58.8 Å². The molecule has 3 aliphatic rings. The van der Waals surface area contributed by atoms with Gasteiger partial charge in [-0.25, -0.2) is 0 Å². The maximum atomic E-state index is 12.1. The highest BCUT2D eigenvalue weighted by molar-refractivity contribution is 5.96. The van der Waals surface area contributed by atoms with Gasteiger partial charge in [-0.1, -0.05) is 48.6 Å². The van der Waals surface area contributed by atoms with Crippen LogP contribution in [0.15, 0.2) is 48.6 Å². The molecule has 22 heavy (non-hydrogen) atoms. The molecule has 0 aromatic carbocycles. The van der Waals surface area contributed by atoms with Crippen LogP contribution >= 0.6 is 0 Å². The highest BCUT2D eigenvalue weighted by Crippen LogP contribution is 2.32. The van der Waals surface area contributed by atoms with Gasteiger partial charge in [-0.05, 0) is 36.3 Å². The van der Waals surface area contributed by atoms with E-state index >= 15 is 0 Å². The van der Waals surface area contributed by atoms with Crippen molar-refractivity contribution in [1.29, 1.82) is 0 Å². The summed E-state index contributed by atoms with van der Waals surface area (Å²) in [6.07, 6.45) is 20.4. The monoisotopic (exact) mass is 290 g/mol. The fourth-order valence-electron chi connectivity index (χ4n) is 3.52. The maximum absolute atomic E-state index is 12.1. The van der Waals surface area contributed by atoms with Gasteiger partial charge in [0.1, 0.15) is 5.69 Å². The van der Waals surface area contributed by atoms with Gasteiger partial charge in [0.2, 0.25) is 0 Å². The number of hydrogen-bond acceptors (Lipinski definition) is 3. The second-order valence-electron chi connectivity index (χ2n) is 6.10. The second-order valence-corrected chi connectivity index (χ2v) is 6.10. The second kappa shape index (κ2) is 5.48. The Kier molecular flexibility index (Phi) is 3.34. The molecule has 0 bridgehead atoms. The number of nitrogens with zero attached hydrogens (tertiary/aromatic N) is 2. The van der Waals surface area contributed by atoms with E-state index in [1.165, 1.54) is 5.56 Å². The molecule has 1 aromatic heterocycles. The van der Waals surface area contributed by atoms with Crippen LogP contribution in [0.1, 0.15) is 46.1 Å². The van der Waals surface area contributed by atoms with Gasteiger partial charge < -0.3 is 0 Å². The molecule has 3 aliphatic carbocycles. The first-order chi connectivity index (χ1) is 10.8. The van der Waals surface area contributed by atoms with Crippen molar-refractivity contribution in [3.05, 3.63) is 71.1 Å². The smallest absolute Gasteiger partial charge is 0.183 e. The minimum atomic E-state index is 0.150. The Labute approximate surface area is 130 Å². The van der Waals surface area contributed by atoms with Gasteiger partial charge in [0.05, 0.1) is 5.69 Å². The lowest BCUT2D eigenvalue weighted by Gasteiger charge is -2.22. The molecule has 4 rings (SSSR count). The van der Waals surface area contributed by atoms with Gasteiger partial charge in [-0.2, -0.15) is 5.10 Å². The SMILES string of the molecule is O=C1CCCc2c1nnc(C1C=CC=C1)c2CC1C=CC=C1.